The van der Waals surface area contributed by atoms with E-state index in [2.05, 4.69) is 4.40 Å². The van der Waals surface area contributed by atoms with E-state index in [4.69, 9.17) is 0 Å². The van der Waals surface area contributed by atoms with Crippen molar-refractivity contribution in [1.82, 2.24) is 14.5 Å². The lowest BCUT2D eigenvalue weighted by Crippen LogP contribution is -2.34. The summed E-state index contributed by atoms with van der Waals surface area (Å²) in [5.74, 6) is -0.600. The van der Waals surface area contributed by atoms with Gasteiger partial charge in [0, 0.05) is 20.0 Å². The highest BCUT2D eigenvalue weighted by atomic mass is 32.2. The molecule has 1 rings (SSSR count). The Balaban J connectivity index is 3.01. The number of carbonyl (C=O) groups excluding carboxylic acids is 2. The molecule has 0 saturated carbocycles. The van der Waals surface area contributed by atoms with Crippen molar-refractivity contribution >= 4 is 28.0 Å². The van der Waals surface area contributed by atoms with E-state index in [-0.39, 0.29) is 18.4 Å². The number of urea groups is 1. The Hall–Kier alpha value is -1.64. The number of rotatable bonds is 4. The van der Waals surface area contributed by atoms with Crippen LogP contribution in [0.3, 0.4) is 0 Å². The van der Waals surface area contributed by atoms with Crippen molar-refractivity contribution in [3.8, 4) is 0 Å². The molecule has 1 aliphatic rings. The number of nitrogens with one attached hydrogen (secondary N) is 1. The van der Waals surface area contributed by atoms with E-state index in [9.17, 15) is 18.0 Å². The second-order valence-electron chi connectivity index (χ2n) is 3.68. The zero-order chi connectivity index (χ0) is 13.9. The summed E-state index contributed by atoms with van der Waals surface area (Å²) < 4.78 is 28.2. The van der Waals surface area contributed by atoms with Crippen molar-refractivity contribution in [2.45, 2.75) is 20.8 Å². The minimum atomic E-state index is -4.09. The SMILES string of the molecule is CCN1C/C(=N\S(=O)(=O)NC(C)=O)N(CC)C1=O. The molecule has 0 atom stereocenters. The molecule has 0 radical (unpaired) electrons. The minimum absolute atomic E-state index is 0.123. The van der Waals surface area contributed by atoms with E-state index in [0.29, 0.717) is 13.1 Å². The maximum absolute atomic E-state index is 11.8. The van der Waals surface area contributed by atoms with Crippen LogP contribution in [0.2, 0.25) is 0 Å². The van der Waals surface area contributed by atoms with E-state index in [1.54, 1.807) is 18.6 Å². The monoisotopic (exact) mass is 276 g/mol. The highest BCUT2D eigenvalue weighted by Gasteiger charge is 2.33. The fourth-order valence-corrected chi connectivity index (χ4v) is 2.43. The Bertz CT molecular complexity index is 485. The number of hydrogen-bond donors (Lipinski definition) is 1. The number of nitrogens with zero attached hydrogens (tertiary/aromatic N) is 3. The van der Waals surface area contributed by atoms with Crippen LogP contribution in [0.5, 0.6) is 0 Å². The van der Waals surface area contributed by atoms with Crippen molar-refractivity contribution in [2.24, 2.45) is 4.40 Å². The van der Waals surface area contributed by atoms with E-state index < -0.39 is 16.1 Å². The summed E-state index contributed by atoms with van der Waals surface area (Å²) in [4.78, 5) is 25.2. The number of amidine groups is 1. The first-order valence-corrected chi connectivity index (χ1v) is 6.93. The average molecular weight is 276 g/mol. The molecule has 8 nitrogen and oxygen atoms in total. The molecular weight excluding hydrogens is 260 g/mol. The van der Waals surface area contributed by atoms with Crippen LogP contribution in [0.1, 0.15) is 20.8 Å². The highest BCUT2D eigenvalue weighted by Crippen LogP contribution is 2.11. The van der Waals surface area contributed by atoms with Gasteiger partial charge in [0.15, 0.2) is 0 Å². The summed E-state index contributed by atoms with van der Waals surface area (Å²) in [6.07, 6.45) is 0. The predicted molar refractivity (Wildman–Crippen MR) is 65.2 cm³/mol. The van der Waals surface area contributed by atoms with Crippen molar-refractivity contribution < 1.29 is 18.0 Å². The molecule has 1 heterocycles. The van der Waals surface area contributed by atoms with Gasteiger partial charge in [-0.1, -0.05) is 0 Å². The van der Waals surface area contributed by atoms with Crippen LogP contribution in [-0.2, 0) is 15.0 Å². The largest absolute Gasteiger partial charge is 0.346 e. The van der Waals surface area contributed by atoms with Crippen LogP contribution in [-0.4, -0.2) is 55.6 Å². The number of carbonyl (C=O) groups is 2. The van der Waals surface area contributed by atoms with Gasteiger partial charge in [-0.3, -0.25) is 9.69 Å². The Kier molecular flexibility index (Phi) is 4.28. The second-order valence-corrected chi connectivity index (χ2v) is 5.02. The van der Waals surface area contributed by atoms with Crippen LogP contribution < -0.4 is 4.72 Å². The van der Waals surface area contributed by atoms with Crippen LogP contribution in [0.15, 0.2) is 4.40 Å². The zero-order valence-corrected chi connectivity index (χ0v) is 11.3. The van der Waals surface area contributed by atoms with Crippen LogP contribution in [0, 0.1) is 0 Å². The van der Waals surface area contributed by atoms with Gasteiger partial charge in [-0.15, -0.1) is 4.40 Å². The minimum Gasteiger partial charge on any atom is -0.317 e. The second kappa shape index (κ2) is 5.34. The third-order valence-electron chi connectivity index (χ3n) is 2.34. The maximum atomic E-state index is 11.8. The van der Waals surface area contributed by atoms with Gasteiger partial charge in [0.25, 0.3) is 0 Å². The van der Waals surface area contributed by atoms with Gasteiger partial charge in [-0.2, -0.15) is 8.42 Å². The molecule has 0 aromatic rings. The quantitative estimate of drug-likeness (QED) is 0.751. The highest BCUT2D eigenvalue weighted by molar-refractivity contribution is 7.88. The van der Waals surface area contributed by atoms with Gasteiger partial charge in [0.1, 0.15) is 5.84 Å². The molecule has 0 aliphatic carbocycles. The molecule has 1 saturated heterocycles. The first-order valence-electron chi connectivity index (χ1n) is 5.49. The molecule has 0 aromatic carbocycles. The molecular formula is C9H16N4O4S. The average Bonchev–Trinajstić information content (AvgIpc) is 2.51. The summed E-state index contributed by atoms with van der Waals surface area (Å²) in [6, 6.07) is -0.281. The van der Waals surface area contributed by atoms with Crippen LogP contribution in [0.25, 0.3) is 0 Å². The first kappa shape index (κ1) is 14.4. The molecule has 1 fully saturated rings. The van der Waals surface area contributed by atoms with Crippen molar-refractivity contribution in [2.75, 3.05) is 19.6 Å². The summed E-state index contributed by atoms with van der Waals surface area (Å²) >= 11 is 0. The topological polar surface area (TPSA) is 99.2 Å². The van der Waals surface area contributed by atoms with Gasteiger partial charge in [-0.05, 0) is 13.8 Å². The number of hydrogen-bond acceptors (Lipinski definition) is 4. The molecule has 1 N–H and O–H groups in total. The summed E-state index contributed by atoms with van der Waals surface area (Å²) in [5, 5.41) is 0. The van der Waals surface area contributed by atoms with Crippen molar-refractivity contribution in [3.63, 3.8) is 0 Å². The molecule has 0 spiro atoms. The third kappa shape index (κ3) is 3.19. The van der Waals surface area contributed by atoms with Gasteiger partial charge in [0.2, 0.25) is 5.91 Å². The fraction of sp³-hybridized carbons (Fsp3) is 0.667. The molecule has 0 bridgehead atoms. The third-order valence-corrected chi connectivity index (χ3v) is 3.34. The number of likely N-dealkylation sites (N-methyl/N-ethyl adjacent to an activating group) is 2. The summed E-state index contributed by atoms with van der Waals surface area (Å²) in [5.41, 5.74) is 0. The Labute approximate surface area is 106 Å². The number of amides is 3. The Morgan fingerprint density at radius 3 is 2.44 bits per heavy atom. The van der Waals surface area contributed by atoms with Gasteiger partial charge in [0.05, 0.1) is 6.54 Å². The van der Waals surface area contributed by atoms with Crippen molar-refractivity contribution in [1.29, 1.82) is 0 Å². The Morgan fingerprint density at radius 2 is 2.00 bits per heavy atom. The predicted octanol–water partition coefficient (Wildman–Crippen LogP) is -0.457. The van der Waals surface area contributed by atoms with Gasteiger partial charge < -0.3 is 4.90 Å². The lowest BCUT2D eigenvalue weighted by molar-refractivity contribution is -0.117. The van der Waals surface area contributed by atoms with E-state index in [0.717, 1.165) is 6.92 Å². The first-order chi connectivity index (χ1) is 8.30. The smallest absolute Gasteiger partial charge is 0.317 e. The normalized spacial score (nSPS) is 18.6. The van der Waals surface area contributed by atoms with E-state index >= 15 is 0 Å². The molecule has 102 valence electrons. The lowest BCUT2D eigenvalue weighted by atomic mass is 10.5. The Morgan fingerprint density at radius 1 is 1.39 bits per heavy atom. The van der Waals surface area contributed by atoms with Crippen LogP contribution >= 0.6 is 0 Å². The molecule has 3 amide bonds. The van der Waals surface area contributed by atoms with E-state index in [1.165, 1.54) is 9.80 Å². The fourth-order valence-electron chi connectivity index (χ4n) is 1.59. The van der Waals surface area contributed by atoms with Gasteiger partial charge in [-0.25, -0.2) is 9.52 Å². The van der Waals surface area contributed by atoms with E-state index in [1.807, 2.05) is 0 Å². The molecule has 0 unspecified atom stereocenters. The lowest BCUT2D eigenvalue weighted by Gasteiger charge is -2.14. The zero-order valence-electron chi connectivity index (χ0n) is 10.5. The summed E-state index contributed by atoms with van der Waals surface area (Å²) in [6.45, 7) is 5.50. The molecule has 1 aliphatic heterocycles. The molecule has 0 aromatic heterocycles. The molecule has 18 heavy (non-hydrogen) atoms. The molecule has 9 heteroatoms. The van der Waals surface area contributed by atoms with Gasteiger partial charge >= 0.3 is 16.2 Å². The summed E-state index contributed by atoms with van der Waals surface area (Å²) in [7, 11) is -4.09. The maximum Gasteiger partial charge on any atom is 0.346 e. The standard InChI is InChI=1S/C9H16N4O4S/c1-4-12-6-8(13(5-2)9(12)15)11-18(16,17)10-7(3)14/h4-6H2,1-3H3,(H,10,14)/b11-8+. The van der Waals surface area contributed by atoms with Crippen LogP contribution in [0.4, 0.5) is 4.79 Å². The van der Waals surface area contributed by atoms with Crippen molar-refractivity contribution in [3.05, 3.63) is 0 Å².